The van der Waals surface area contributed by atoms with E-state index in [9.17, 15) is 10.1 Å². The molecule has 0 atom stereocenters. The number of carbonyl (C=O) groups excluding carboxylic acids is 1. The van der Waals surface area contributed by atoms with E-state index in [0.717, 1.165) is 10.9 Å². The van der Waals surface area contributed by atoms with Crippen molar-refractivity contribution < 1.29 is 9.53 Å². The smallest absolute Gasteiger partial charge is 0.245 e. The van der Waals surface area contributed by atoms with Gasteiger partial charge in [0, 0.05) is 29.0 Å². The number of nitrogens with zero attached hydrogens (tertiary/aromatic N) is 1. The van der Waals surface area contributed by atoms with Crippen LogP contribution in [-0.4, -0.2) is 24.4 Å². The molecule has 0 bridgehead atoms. The summed E-state index contributed by atoms with van der Waals surface area (Å²) in [6, 6.07) is 10.2. The third-order valence-corrected chi connectivity index (χ3v) is 6.06. The number of rotatable bonds is 4. The Bertz CT molecular complexity index is 582. The van der Waals surface area contributed by atoms with Gasteiger partial charge in [0.1, 0.15) is 5.41 Å². The van der Waals surface area contributed by atoms with E-state index in [4.69, 9.17) is 4.74 Å². The van der Waals surface area contributed by atoms with Crippen molar-refractivity contribution in [3.63, 3.8) is 0 Å². The van der Waals surface area contributed by atoms with E-state index in [-0.39, 0.29) is 5.91 Å². The average molecular weight is 330 g/mol. The first-order valence-electron chi connectivity index (χ1n) is 8.29. The lowest BCUT2D eigenvalue weighted by Crippen LogP contribution is -2.39. The summed E-state index contributed by atoms with van der Waals surface area (Å²) in [5.74, 6) is -0.209. The van der Waals surface area contributed by atoms with Gasteiger partial charge in [-0.3, -0.25) is 4.79 Å². The van der Waals surface area contributed by atoms with Crippen molar-refractivity contribution in [1.29, 1.82) is 5.26 Å². The van der Waals surface area contributed by atoms with E-state index < -0.39 is 5.41 Å². The molecule has 0 spiro atoms. The van der Waals surface area contributed by atoms with Gasteiger partial charge in [-0.25, -0.2) is 0 Å². The van der Waals surface area contributed by atoms with Crippen LogP contribution in [0.3, 0.4) is 0 Å². The van der Waals surface area contributed by atoms with Crippen LogP contribution in [0.5, 0.6) is 0 Å². The molecule has 1 heterocycles. The summed E-state index contributed by atoms with van der Waals surface area (Å²) in [5.41, 5.74) is -0.193. The van der Waals surface area contributed by atoms with Crippen LogP contribution in [0.15, 0.2) is 29.2 Å². The molecule has 1 amide bonds. The minimum absolute atomic E-state index is 0.209. The first-order chi connectivity index (χ1) is 11.2. The Morgan fingerprint density at radius 2 is 1.87 bits per heavy atom. The van der Waals surface area contributed by atoms with Crippen LogP contribution in [0.4, 0.5) is 5.69 Å². The lowest BCUT2D eigenvalue weighted by molar-refractivity contribution is -0.126. The highest BCUT2D eigenvalue weighted by Crippen LogP contribution is 2.35. The van der Waals surface area contributed by atoms with E-state index in [1.165, 1.54) is 30.6 Å². The van der Waals surface area contributed by atoms with Gasteiger partial charge in [0.25, 0.3) is 0 Å². The predicted molar refractivity (Wildman–Crippen MR) is 91.3 cm³/mol. The molecule has 1 aliphatic heterocycles. The van der Waals surface area contributed by atoms with Crippen molar-refractivity contribution in [2.45, 2.75) is 48.7 Å². The quantitative estimate of drug-likeness (QED) is 0.907. The Morgan fingerprint density at radius 3 is 2.48 bits per heavy atom. The molecule has 5 heteroatoms. The molecule has 23 heavy (non-hydrogen) atoms. The second kappa shape index (κ2) is 7.37. The van der Waals surface area contributed by atoms with Gasteiger partial charge in [-0.1, -0.05) is 12.8 Å². The SMILES string of the molecule is N#CC1(C(=O)Nc2ccc(SC3CCCC3)cc2)CCOCC1. The lowest BCUT2D eigenvalue weighted by Gasteiger charge is -2.29. The number of nitriles is 1. The summed E-state index contributed by atoms with van der Waals surface area (Å²) in [6.45, 7) is 0.940. The zero-order valence-corrected chi connectivity index (χ0v) is 14.0. The van der Waals surface area contributed by atoms with Crippen molar-refractivity contribution in [3.8, 4) is 6.07 Å². The zero-order valence-electron chi connectivity index (χ0n) is 13.2. The monoisotopic (exact) mass is 330 g/mol. The molecule has 122 valence electrons. The number of hydrogen-bond acceptors (Lipinski definition) is 4. The topological polar surface area (TPSA) is 62.1 Å². The van der Waals surface area contributed by atoms with Crippen LogP contribution >= 0.6 is 11.8 Å². The maximum absolute atomic E-state index is 12.5. The fourth-order valence-corrected chi connectivity index (χ4v) is 4.42. The number of amides is 1. The molecule has 0 aromatic heterocycles. The van der Waals surface area contributed by atoms with E-state index in [2.05, 4.69) is 23.5 Å². The predicted octanol–water partition coefficient (Wildman–Crippen LogP) is 3.98. The highest BCUT2D eigenvalue weighted by atomic mass is 32.2. The Labute approximate surface area is 141 Å². The van der Waals surface area contributed by atoms with E-state index >= 15 is 0 Å². The number of hydrogen-bond donors (Lipinski definition) is 1. The molecule has 0 unspecified atom stereocenters. The lowest BCUT2D eigenvalue weighted by atomic mass is 9.81. The number of benzene rings is 1. The summed E-state index contributed by atoms with van der Waals surface area (Å²) in [6.07, 6.45) is 6.21. The van der Waals surface area contributed by atoms with Gasteiger partial charge >= 0.3 is 0 Å². The Morgan fingerprint density at radius 1 is 1.22 bits per heavy atom. The molecule has 1 N–H and O–H groups in total. The normalized spacial score (nSPS) is 20.8. The molecular weight excluding hydrogens is 308 g/mol. The molecule has 1 aromatic rings. The molecule has 0 radical (unpaired) electrons. The number of thioether (sulfide) groups is 1. The van der Waals surface area contributed by atoms with Gasteiger partial charge in [-0.15, -0.1) is 11.8 Å². The average Bonchev–Trinajstić information content (AvgIpc) is 3.10. The maximum atomic E-state index is 12.5. The molecular formula is C18H22N2O2S. The van der Waals surface area contributed by atoms with Crippen LogP contribution in [0, 0.1) is 16.7 Å². The second-order valence-corrected chi connectivity index (χ2v) is 7.68. The summed E-state index contributed by atoms with van der Waals surface area (Å²) >= 11 is 1.93. The van der Waals surface area contributed by atoms with Crippen LogP contribution in [0.2, 0.25) is 0 Å². The minimum Gasteiger partial charge on any atom is -0.381 e. The van der Waals surface area contributed by atoms with Gasteiger partial charge in [0.05, 0.1) is 6.07 Å². The fourth-order valence-electron chi connectivity index (χ4n) is 3.18. The summed E-state index contributed by atoms with van der Waals surface area (Å²) in [7, 11) is 0. The first kappa shape index (κ1) is 16.4. The van der Waals surface area contributed by atoms with Crippen molar-refractivity contribution in [1.82, 2.24) is 0 Å². The fraction of sp³-hybridized carbons (Fsp3) is 0.556. The highest BCUT2D eigenvalue weighted by molar-refractivity contribution is 8.00. The second-order valence-electron chi connectivity index (χ2n) is 6.31. The molecule has 1 aliphatic carbocycles. The van der Waals surface area contributed by atoms with E-state index in [1.807, 2.05) is 23.9 Å². The van der Waals surface area contributed by atoms with Crippen molar-refractivity contribution in [2.75, 3.05) is 18.5 Å². The molecule has 1 saturated carbocycles. The molecule has 2 aliphatic rings. The van der Waals surface area contributed by atoms with Gasteiger partial charge in [0.2, 0.25) is 5.91 Å². The third kappa shape index (κ3) is 3.88. The number of ether oxygens (including phenoxy) is 1. The third-order valence-electron chi connectivity index (χ3n) is 4.71. The molecule has 1 aromatic carbocycles. The van der Waals surface area contributed by atoms with E-state index in [0.29, 0.717) is 26.1 Å². The van der Waals surface area contributed by atoms with Crippen molar-refractivity contribution >= 4 is 23.4 Å². The van der Waals surface area contributed by atoms with Crippen LogP contribution in [0.25, 0.3) is 0 Å². The van der Waals surface area contributed by atoms with Gasteiger partial charge in [-0.2, -0.15) is 5.26 Å². The molecule has 1 saturated heterocycles. The molecule has 3 rings (SSSR count). The number of nitrogens with one attached hydrogen (secondary N) is 1. The summed E-state index contributed by atoms with van der Waals surface area (Å²) in [4.78, 5) is 13.7. The van der Waals surface area contributed by atoms with Gasteiger partial charge < -0.3 is 10.1 Å². The standard InChI is InChI=1S/C18H22N2O2S/c19-13-18(9-11-22-12-10-18)17(21)20-14-5-7-16(8-6-14)23-15-3-1-2-4-15/h5-8,15H,1-4,9-12H2,(H,20,21). The Balaban J connectivity index is 1.61. The highest BCUT2D eigenvalue weighted by Gasteiger charge is 2.40. The zero-order chi connectivity index (χ0) is 16.1. The maximum Gasteiger partial charge on any atom is 0.245 e. The minimum atomic E-state index is -0.949. The number of carbonyl (C=O) groups is 1. The summed E-state index contributed by atoms with van der Waals surface area (Å²) < 4.78 is 5.27. The summed E-state index contributed by atoms with van der Waals surface area (Å²) in [5, 5.41) is 13.1. The first-order valence-corrected chi connectivity index (χ1v) is 9.17. The van der Waals surface area contributed by atoms with Crippen LogP contribution in [-0.2, 0) is 9.53 Å². The van der Waals surface area contributed by atoms with Gasteiger partial charge in [0.15, 0.2) is 0 Å². The van der Waals surface area contributed by atoms with Gasteiger partial charge in [-0.05, 0) is 49.9 Å². The Kier molecular flexibility index (Phi) is 5.24. The van der Waals surface area contributed by atoms with Crippen LogP contribution < -0.4 is 5.32 Å². The molecule has 2 fully saturated rings. The van der Waals surface area contributed by atoms with E-state index in [1.54, 1.807) is 0 Å². The molecule has 4 nitrogen and oxygen atoms in total. The Hall–Kier alpha value is -1.51. The van der Waals surface area contributed by atoms with Crippen LogP contribution in [0.1, 0.15) is 38.5 Å². The number of anilines is 1. The van der Waals surface area contributed by atoms with Crippen molar-refractivity contribution in [2.24, 2.45) is 5.41 Å². The van der Waals surface area contributed by atoms with Crippen molar-refractivity contribution in [3.05, 3.63) is 24.3 Å². The largest absolute Gasteiger partial charge is 0.381 e.